The highest BCUT2D eigenvalue weighted by molar-refractivity contribution is 5.90. The normalized spacial score (nSPS) is 24.6. The van der Waals surface area contributed by atoms with E-state index >= 15 is 0 Å². The molecular weight excluding hydrogens is 264 g/mol. The van der Waals surface area contributed by atoms with E-state index in [1.165, 1.54) is 17.1 Å². The van der Waals surface area contributed by atoms with E-state index in [4.69, 9.17) is 16.3 Å². The van der Waals surface area contributed by atoms with Crippen molar-refractivity contribution in [2.45, 2.75) is 18.5 Å². The van der Waals surface area contributed by atoms with Crippen molar-refractivity contribution < 1.29 is 19.2 Å². The van der Waals surface area contributed by atoms with Crippen LogP contribution in [-0.2, 0) is 14.4 Å². The maximum Gasteiger partial charge on any atom is 0.345 e. The molecule has 0 spiro atoms. The first-order valence-electron chi connectivity index (χ1n) is 6.07. The highest BCUT2D eigenvalue weighted by atomic mass is 16.7. The van der Waals surface area contributed by atoms with Crippen LogP contribution in [-0.4, -0.2) is 53.0 Å². The molecule has 1 saturated heterocycles. The number of fused-ring (bicyclic) bond motifs is 2. The van der Waals surface area contributed by atoms with Crippen LogP contribution in [0.3, 0.4) is 0 Å². The second-order valence-corrected chi connectivity index (χ2v) is 4.59. The molecule has 2 aliphatic heterocycles. The Labute approximate surface area is 115 Å². The molecule has 2 heterocycles. The second kappa shape index (κ2) is 5.33. The van der Waals surface area contributed by atoms with Gasteiger partial charge in [-0.1, -0.05) is 12.2 Å². The standard InChI is InChI=1S/C12H16N4O4/c1-2-3-20-16-9-6-15(12(16)19)8(11(14)18)4-7(9)5-10(13)17/h2,4,8-9H,1,3,5-6H2,(H2,13,17)(H2,14,18)/t8-,9?/m0/s1. The van der Waals surface area contributed by atoms with Gasteiger partial charge in [0.05, 0.1) is 13.2 Å². The fourth-order valence-corrected chi connectivity index (χ4v) is 2.39. The largest absolute Gasteiger partial charge is 0.369 e. The van der Waals surface area contributed by atoms with Crippen molar-refractivity contribution in [1.29, 1.82) is 0 Å². The number of urea groups is 1. The molecule has 0 radical (unpaired) electrons. The molecule has 4 amide bonds. The Kier molecular flexibility index (Phi) is 3.75. The van der Waals surface area contributed by atoms with Crippen LogP contribution >= 0.6 is 0 Å². The number of nitrogens with two attached hydrogens (primary N) is 2. The molecule has 2 bridgehead atoms. The van der Waals surface area contributed by atoms with Crippen molar-refractivity contribution in [3.63, 3.8) is 0 Å². The lowest BCUT2D eigenvalue weighted by Gasteiger charge is -2.27. The minimum atomic E-state index is -0.884. The molecule has 108 valence electrons. The first-order valence-corrected chi connectivity index (χ1v) is 6.07. The predicted molar refractivity (Wildman–Crippen MR) is 68.8 cm³/mol. The van der Waals surface area contributed by atoms with Crippen LogP contribution in [0, 0.1) is 0 Å². The zero-order valence-corrected chi connectivity index (χ0v) is 10.8. The van der Waals surface area contributed by atoms with Crippen LogP contribution < -0.4 is 11.5 Å². The topological polar surface area (TPSA) is 119 Å². The van der Waals surface area contributed by atoms with Crippen LogP contribution in [0.25, 0.3) is 0 Å². The SMILES string of the molecule is C=CCON1C(=O)N2CC1C(CC(N)=O)=C[C@H]2C(N)=O. The molecule has 0 aliphatic carbocycles. The van der Waals surface area contributed by atoms with Gasteiger partial charge in [0.2, 0.25) is 11.8 Å². The van der Waals surface area contributed by atoms with Gasteiger partial charge in [0, 0.05) is 6.42 Å². The van der Waals surface area contributed by atoms with Crippen molar-refractivity contribution in [1.82, 2.24) is 9.96 Å². The third kappa shape index (κ3) is 2.37. The number of hydroxylamine groups is 2. The zero-order chi connectivity index (χ0) is 14.9. The summed E-state index contributed by atoms with van der Waals surface area (Å²) in [6, 6.07) is -1.78. The van der Waals surface area contributed by atoms with E-state index in [0.29, 0.717) is 5.57 Å². The minimum Gasteiger partial charge on any atom is -0.369 e. The van der Waals surface area contributed by atoms with E-state index in [2.05, 4.69) is 6.58 Å². The molecule has 4 N–H and O–H groups in total. The van der Waals surface area contributed by atoms with Gasteiger partial charge >= 0.3 is 6.03 Å². The molecule has 0 saturated carbocycles. The van der Waals surface area contributed by atoms with Gasteiger partial charge in [0.25, 0.3) is 0 Å². The van der Waals surface area contributed by atoms with Crippen LogP contribution in [0.5, 0.6) is 0 Å². The third-order valence-electron chi connectivity index (χ3n) is 3.22. The fraction of sp³-hybridized carbons (Fsp3) is 0.417. The molecule has 8 heteroatoms. The monoisotopic (exact) mass is 280 g/mol. The summed E-state index contributed by atoms with van der Waals surface area (Å²) in [5.74, 6) is -1.21. The summed E-state index contributed by atoms with van der Waals surface area (Å²) in [4.78, 5) is 41.3. The number of hydrogen-bond acceptors (Lipinski definition) is 4. The van der Waals surface area contributed by atoms with Gasteiger partial charge in [-0.2, -0.15) is 5.06 Å². The average Bonchev–Trinajstić information content (AvgIpc) is 2.64. The summed E-state index contributed by atoms with van der Waals surface area (Å²) in [5, 5.41) is 1.14. The summed E-state index contributed by atoms with van der Waals surface area (Å²) >= 11 is 0. The molecule has 2 aliphatic rings. The molecular formula is C12H16N4O4. The van der Waals surface area contributed by atoms with E-state index < -0.39 is 29.9 Å². The van der Waals surface area contributed by atoms with Crippen LogP contribution in [0.2, 0.25) is 0 Å². The number of carbonyl (C=O) groups excluding carboxylic acids is 3. The molecule has 1 fully saturated rings. The second-order valence-electron chi connectivity index (χ2n) is 4.59. The van der Waals surface area contributed by atoms with Gasteiger partial charge in [-0.15, -0.1) is 6.58 Å². The number of nitrogens with zero attached hydrogens (tertiary/aromatic N) is 2. The summed E-state index contributed by atoms with van der Waals surface area (Å²) in [7, 11) is 0. The van der Waals surface area contributed by atoms with Gasteiger partial charge in [-0.25, -0.2) is 4.79 Å². The van der Waals surface area contributed by atoms with Crippen LogP contribution in [0.15, 0.2) is 24.3 Å². The highest BCUT2D eigenvalue weighted by Crippen LogP contribution is 2.31. The van der Waals surface area contributed by atoms with Crippen molar-refractivity contribution in [2.75, 3.05) is 13.2 Å². The van der Waals surface area contributed by atoms with E-state index in [-0.39, 0.29) is 19.6 Å². The van der Waals surface area contributed by atoms with Crippen LogP contribution in [0.4, 0.5) is 4.79 Å². The zero-order valence-electron chi connectivity index (χ0n) is 10.8. The smallest absolute Gasteiger partial charge is 0.345 e. The van der Waals surface area contributed by atoms with Gasteiger partial charge in [0.1, 0.15) is 12.1 Å². The Morgan fingerprint density at radius 2 is 2.20 bits per heavy atom. The molecule has 2 rings (SSSR count). The van der Waals surface area contributed by atoms with E-state index in [1.807, 2.05) is 0 Å². The number of hydrogen-bond donors (Lipinski definition) is 2. The van der Waals surface area contributed by atoms with E-state index in [0.717, 1.165) is 5.06 Å². The molecule has 0 aromatic carbocycles. The fourth-order valence-electron chi connectivity index (χ4n) is 2.39. The van der Waals surface area contributed by atoms with Crippen molar-refractivity contribution in [3.05, 3.63) is 24.3 Å². The highest BCUT2D eigenvalue weighted by Gasteiger charge is 2.48. The molecule has 1 unspecified atom stereocenters. The Balaban J connectivity index is 2.30. The van der Waals surface area contributed by atoms with Gasteiger partial charge < -0.3 is 16.4 Å². The number of carbonyl (C=O) groups is 3. The quantitative estimate of drug-likeness (QED) is 0.599. The Morgan fingerprint density at radius 3 is 2.75 bits per heavy atom. The molecule has 0 aromatic rings. The Bertz CT molecular complexity index is 502. The Hall–Kier alpha value is -2.35. The molecule has 20 heavy (non-hydrogen) atoms. The molecule has 2 atom stereocenters. The molecule has 0 aromatic heterocycles. The van der Waals surface area contributed by atoms with E-state index in [9.17, 15) is 14.4 Å². The van der Waals surface area contributed by atoms with Gasteiger partial charge in [0.15, 0.2) is 0 Å². The van der Waals surface area contributed by atoms with Crippen molar-refractivity contribution in [2.24, 2.45) is 11.5 Å². The summed E-state index contributed by atoms with van der Waals surface area (Å²) < 4.78 is 0. The molecule has 8 nitrogen and oxygen atoms in total. The maximum absolute atomic E-state index is 12.2. The van der Waals surface area contributed by atoms with Gasteiger partial charge in [-0.05, 0) is 5.57 Å². The first kappa shape index (κ1) is 14.1. The summed E-state index contributed by atoms with van der Waals surface area (Å²) in [6.07, 6.45) is 2.95. The van der Waals surface area contributed by atoms with E-state index in [1.54, 1.807) is 0 Å². The first-order chi connectivity index (χ1) is 9.45. The lowest BCUT2D eigenvalue weighted by molar-refractivity contribution is -0.121. The number of primary amides is 2. The third-order valence-corrected chi connectivity index (χ3v) is 3.22. The minimum absolute atomic E-state index is 0.0521. The predicted octanol–water partition coefficient (Wildman–Crippen LogP) is -1.12. The average molecular weight is 280 g/mol. The Morgan fingerprint density at radius 1 is 1.50 bits per heavy atom. The number of amides is 4. The van der Waals surface area contributed by atoms with Crippen molar-refractivity contribution in [3.8, 4) is 0 Å². The summed E-state index contributed by atoms with van der Waals surface area (Å²) in [5.41, 5.74) is 11.0. The lowest BCUT2D eigenvalue weighted by Crippen LogP contribution is -2.47. The summed E-state index contributed by atoms with van der Waals surface area (Å²) in [6.45, 7) is 3.88. The van der Waals surface area contributed by atoms with Crippen molar-refractivity contribution >= 4 is 17.8 Å². The van der Waals surface area contributed by atoms with Crippen LogP contribution in [0.1, 0.15) is 6.42 Å². The maximum atomic E-state index is 12.2. The van der Waals surface area contributed by atoms with Gasteiger partial charge in [-0.3, -0.25) is 14.4 Å². The lowest BCUT2D eigenvalue weighted by atomic mass is 9.96. The number of rotatable bonds is 6.